The van der Waals surface area contributed by atoms with Gasteiger partial charge in [-0.1, -0.05) is 152 Å². The van der Waals surface area contributed by atoms with Gasteiger partial charge in [-0.2, -0.15) is 0 Å². The van der Waals surface area contributed by atoms with Crippen LogP contribution in [0, 0.1) is 0 Å². The van der Waals surface area contributed by atoms with Crippen molar-refractivity contribution in [2.24, 2.45) is 0 Å². The number of benzene rings is 8. The van der Waals surface area contributed by atoms with Crippen molar-refractivity contribution in [3.63, 3.8) is 0 Å². The van der Waals surface area contributed by atoms with E-state index < -0.39 is 0 Å². The van der Waals surface area contributed by atoms with Crippen LogP contribution in [-0.2, 0) is 0 Å². The lowest BCUT2D eigenvalue weighted by molar-refractivity contribution is 1.07. The Hall–Kier alpha value is -7.17. The molecule has 0 spiro atoms. The van der Waals surface area contributed by atoms with Crippen LogP contribution in [0.2, 0.25) is 0 Å². The average Bonchev–Trinajstić information content (AvgIpc) is 3.58. The molecule has 10 rings (SSSR count). The van der Waals surface area contributed by atoms with E-state index >= 15 is 0 Å². The second kappa shape index (κ2) is 12.9. The Morgan fingerprint density at radius 1 is 0.283 bits per heavy atom. The van der Waals surface area contributed by atoms with E-state index in [-0.39, 0.29) is 0 Å². The van der Waals surface area contributed by atoms with Crippen molar-refractivity contribution in [1.29, 1.82) is 0 Å². The molecule has 0 aliphatic rings. The molecule has 0 atom stereocenters. The Kier molecular flexibility index (Phi) is 7.43. The van der Waals surface area contributed by atoms with E-state index in [9.17, 15) is 0 Å². The first-order valence-electron chi connectivity index (χ1n) is 17.9. The van der Waals surface area contributed by atoms with Crippen LogP contribution in [0.5, 0.6) is 0 Å². The first kappa shape index (κ1) is 30.6. The van der Waals surface area contributed by atoms with Gasteiger partial charge in [0.05, 0.1) is 11.0 Å². The van der Waals surface area contributed by atoms with Gasteiger partial charge in [-0.25, -0.2) is 15.0 Å². The monoisotopic (exact) mass is 676 g/mol. The standard InChI is InChI=1S/C49H32N4/c1-3-11-33(12-4-1)36-19-22-37(23-20-36)47-50-48(52-49(51-47)41-24-21-35-15-7-8-16-39(35)31-41)38-25-28-42(29-26-38)53-45-18-10-9-17-43(45)44-30-27-40(32-46(44)53)34-13-5-2-6-14-34/h1-32H. The van der Waals surface area contributed by atoms with Crippen LogP contribution in [0.4, 0.5) is 0 Å². The number of rotatable bonds is 6. The molecule has 0 bridgehead atoms. The van der Waals surface area contributed by atoms with Gasteiger partial charge in [-0.05, 0) is 75.5 Å². The van der Waals surface area contributed by atoms with Crippen LogP contribution in [0.15, 0.2) is 194 Å². The summed E-state index contributed by atoms with van der Waals surface area (Å²) in [6.45, 7) is 0. The molecule has 0 unspecified atom stereocenters. The molecule has 0 saturated carbocycles. The SMILES string of the molecule is c1ccc(-c2ccc(-c3nc(-c4ccc(-n5c6ccccc6c6ccc(-c7ccccc7)cc65)cc4)nc(-c4ccc5ccccc5c4)n3)cc2)cc1. The summed E-state index contributed by atoms with van der Waals surface area (Å²) >= 11 is 0. The van der Waals surface area contributed by atoms with Crippen LogP contribution in [0.1, 0.15) is 0 Å². The Labute approximate surface area is 307 Å². The van der Waals surface area contributed by atoms with Crippen molar-refractivity contribution in [3.05, 3.63) is 194 Å². The minimum absolute atomic E-state index is 0.630. The van der Waals surface area contributed by atoms with Crippen molar-refractivity contribution in [2.45, 2.75) is 0 Å². The molecule has 0 aliphatic carbocycles. The summed E-state index contributed by atoms with van der Waals surface area (Å²) in [4.78, 5) is 15.2. The highest BCUT2D eigenvalue weighted by Gasteiger charge is 2.16. The van der Waals surface area contributed by atoms with E-state index in [1.807, 2.05) is 6.07 Å². The maximum Gasteiger partial charge on any atom is 0.164 e. The lowest BCUT2D eigenvalue weighted by Gasteiger charge is -2.12. The first-order chi connectivity index (χ1) is 26.2. The van der Waals surface area contributed by atoms with Crippen molar-refractivity contribution in [2.75, 3.05) is 0 Å². The van der Waals surface area contributed by atoms with Crippen LogP contribution >= 0.6 is 0 Å². The molecule has 53 heavy (non-hydrogen) atoms. The fourth-order valence-corrected chi connectivity index (χ4v) is 7.35. The highest BCUT2D eigenvalue weighted by molar-refractivity contribution is 6.10. The fraction of sp³-hybridized carbons (Fsp3) is 0. The molecule has 10 aromatic rings. The summed E-state index contributed by atoms with van der Waals surface area (Å²) in [6.07, 6.45) is 0. The van der Waals surface area contributed by atoms with E-state index in [4.69, 9.17) is 15.0 Å². The third kappa shape index (κ3) is 5.63. The van der Waals surface area contributed by atoms with Crippen LogP contribution in [0.3, 0.4) is 0 Å². The van der Waals surface area contributed by atoms with Gasteiger partial charge in [0.25, 0.3) is 0 Å². The molecule has 4 nitrogen and oxygen atoms in total. The average molecular weight is 677 g/mol. The highest BCUT2D eigenvalue weighted by atomic mass is 15.0. The molecule has 2 aromatic heterocycles. The number of hydrogen-bond acceptors (Lipinski definition) is 3. The topological polar surface area (TPSA) is 43.6 Å². The summed E-state index contributed by atoms with van der Waals surface area (Å²) < 4.78 is 2.36. The van der Waals surface area contributed by atoms with Gasteiger partial charge in [0.1, 0.15) is 0 Å². The minimum atomic E-state index is 0.630. The molecule has 0 N–H and O–H groups in total. The Morgan fingerprint density at radius 3 is 1.45 bits per heavy atom. The van der Waals surface area contributed by atoms with Crippen molar-refractivity contribution < 1.29 is 0 Å². The first-order valence-corrected chi connectivity index (χ1v) is 17.9. The number of aromatic nitrogens is 4. The predicted molar refractivity (Wildman–Crippen MR) is 219 cm³/mol. The van der Waals surface area contributed by atoms with Gasteiger partial charge in [0, 0.05) is 33.2 Å². The smallest absolute Gasteiger partial charge is 0.164 e. The maximum absolute atomic E-state index is 5.08. The molecule has 0 radical (unpaired) electrons. The molecule has 2 heterocycles. The van der Waals surface area contributed by atoms with Crippen molar-refractivity contribution in [1.82, 2.24) is 19.5 Å². The maximum atomic E-state index is 5.08. The molecule has 0 saturated heterocycles. The zero-order chi connectivity index (χ0) is 35.1. The van der Waals surface area contributed by atoms with Gasteiger partial charge in [0.2, 0.25) is 0 Å². The number of hydrogen-bond donors (Lipinski definition) is 0. The fourth-order valence-electron chi connectivity index (χ4n) is 7.35. The summed E-state index contributed by atoms with van der Waals surface area (Å²) in [5, 5.41) is 4.78. The molecule has 0 amide bonds. The van der Waals surface area contributed by atoms with Gasteiger partial charge < -0.3 is 4.57 Å². The predicted octanol–water partition coefficient (Wildman–Crippen LogP) is 12.5. The number of fused-ring (bicyclic) bond motifs is 4. The van der Waals surface area contributed by atoms with Gasteiger partial charge in [-0.15, -0.1) is 0 Å². The second-order valence-electron chi connectivity index (χ2n) is 13.3. The quantitative estimate of drug-likeness (QED) is 0.176. The van der Waals surface area contributed by atoms with E-state index in [1.54, 1.807) is 0 Å². The molecule has 0 aliphatic heterocycles. The Balaban J connectivity index is 1.09. The molecule has 4 heteroatoms. The van der Waals surface area contributed by atoms with Crippen molar-refractivity contribution in [3.8, 4) is 62.1 Å². The van der Waals surface area contributed by atoms with E-state index in [0.29, 0.717) is 17.5 Å². The molecule has 248 valence electrons. The minimum Gasteiger partial charge on any atom is -0.309 e. The number of nitrogens with zero attached hydrogens (tertiary/aromatic N) is 4. The molecular weight excluding hydrogens is 645 g/mol. The third-order valence-electron chi connectivity index (χ3n) is 10.1. The van der Waals surface area contributed by atoms with Crippen molar-refractivity contribution >= 4 is 32.6 Å². The third-order valence-corrected chi connectivity index (χ3v) is 10.1. The summed E-state index contributed by atoms with van der Waals surface area (Å²) in [7, 11) is 0. The zero-order valence-corrected chi connectivity index (χ0v) is 28.8. The highest BCUT2D eigenvalue weighted by Crippen LogP contribution is 2.36. The molecule has 8 aromatic carbocycles. The normalized spacial score (nSPS) is 11.4. The summed E-state index contributed by atoms with van der Waals surface area (Å²) in [6, 6.07) is 68.2. The van der Waals surface area contributed by atoms with E-state index in [2.05, 4.69) is 193 Å². The number of para-hydroxylation sites is 1. The van der Waals surface area contributed by atoms with E-state index in [1.165, 1.54) is 43.9 Å². The zero-order valence-electron chi connectivity index (χ0n) is 28.8. The molecule has 0 fully saturated rings. The van der Waals surface area contributed by atoms with E-state index in [0.717, 1.165) is 33.3 Å². The van der Waals surface area contributed by atoms with Crippen LogP contribution in [-0.4, -0.2) is 19.5 Å². The van der Waals surface area contributed by atoms with Gasteiger partial charge >= 0.3 is 0 Å². The van der Waals surface area contributed by atoms with Gasteiger partial charge in [0.15, 0.2) is 17.5 Å². The second-order valence-corrected chi connectivity index (χ2v) is 13.3. The van der Waals surface area contributed by atoms with Crippen LogP contribution in [0.25, 0.3) is 94.7 Å². The molecular formula is C49H32N4. The lowest BCUT2D eigenvalue weighted by Crippen LogP contribution is -2.01. The summed E-state index contributed by atoms with van der Waals surface area (Å²) in [5.74, 6) is 1.91. The van der Waals surface area contributed by atoms with Gasteiger partial charge in [-0.3, -0.25) is 0 Å². The largest absolute Gasteiger partial charge is 0.309 e. The Bertz CT molecular complexity index is 2910. The lowest BCUT2D eigenvalue weighted by atomic mass is 10.0. The Morgan fingerprint density at radius 2 is 0.755 bits per heavy atom. The summed E-state index contributed by atoms with van der Waals surface area (Å²) in [5.41, 5.74) is 10.9. The van der Waals surface area contributed by atoms with Crippen LogP contribution < -0.4 is 0 Å².